The van der Waals surface area contributed by atoms with E-state index in [0.717, 1.165) is 11.1 Å². The summed E-state index contributed by atoms with van der Waals surface area (Å²) in [4.78, 5) is 27.6. The van der Waals surface area contributed by atoms with Gasteiger partial charge in [-0.1, -0.05) is 47.5 Å². The van der Waals surface area contributed by atoms with Gasteiger partial charge in [0.05, 0.1) is 10.9 Å². The number of hydrogen-bond donors (Lipinski definition) is 0. The average molecular weight is 382 g/mol. The van der Waals surface area contributed by atoms with E-state index in [1.165, 1.54) is 4.90 Å². The van der Waals surface area contributed by atoms with Crippen LogP contribution in [0.5, 0.6) is 0 Å². The van der Waals surface area contributed by atoms with Crippen molar-refractivity contribution in [2.75, 3.05) is 6.54 Å². The molecule has 0 atom stereocenters. The maximum atomic E-state index is 13.1. The Bertz CT molecular complexity index is 1090. The molecule has 2 aromatic carbocycles. The van der Waals surface area contributed by atoms with Crippen molar-refractivity contribution in [1.82, 2.24) is 14.7 Å². The molecule has 1 heterocycles. The Kier molecular flexibility index (Phi) is 5.42. The molecule has 0 fully saturated rings. The van der Waals surface area contributed by atoms with Crippen molar-refractivity contribution in [2.45, 2.75) is 13.5 Å². The Hall–Kier alpha value is -2.92. The summed E-state index contributed by atoms with van der Waals surface area (Å²) in [5, 5.41) is 5.29. The van der Waals surface area contributed by atoms with Gasteiger partial charge in [-0.25, -0.2) is 0 Å². The third-order valence-electron chi connectivity index (χ3n) is 4.37. The first-order chi connectivity index (χ1) is 12.9. The van der Waals surface area contributed by atoms with Gasteiger partial charge in [0.25, 0.3) is 5.91 Å². The number of rotatable bonds is 5. The van der Waals surface area contributed by atoms with E-state index in [4.69, 9.17) is 11.6 Å². The molecule has 0 radical (unpaired) electrons. The largest absolute Gasteiger partial charge is 0.329 e. The molecule has 6 heteroatoms. The first kappa shape index (κ1) is 18.9. The van der Waals surface area contributed by atoms with Gasteiger partial charge < -0.3 is 4.90 Å². The summed E-state index contributed by atoms with van der Waals surface area (Å²) in [5.74, 6) is -0.446. The van der Waals surface area contributed by atoms with Crippen molar-refractivity contribution in [3.8, 4) is 0 Å². The Morgan fingerprint density at radius 3 is 2.74 bits per heavy atom. The lowest BCUT2D eigenvalue weighted by molar-refractivity contribution is 0.0753. The lowest BCUT2D eigenvalue weighted by atomic mass is 10.1. The van der Waals surface area contributed by atoms with Gasteiger partial charge in [0.2, 0.25) is 5.43 Å². The molecular weight excluding hydrogens is 362 g/mol. The molecule has 0 unspecified atom stereocenters. The van der Waals surface area contributed by atoms with Crippen LogP contribution in [0.1, 0.15) is 21.6 Å². The highest BCUT2D eigenvalue weighted by Crippen LogP contribution is 2.18. The third-order valence-corrected chi connectivity index (χ3v) is 4.74. The van der Waals surface area contributed by atoms with Gasteiger partial charge in [-0.05, 0) is 30.7 Å². The molecule has 0 spiro atoms. The summed E-state index contributed by atoms with van der Waals surface area (Å²) < 4.78 is 1.56. The normalized spacial score (nSPS) is 10.8. The zero-order chi connectivity index (χ0) is 19.6. The smallest absolute Gasteiger partial charge is 0.278 e. The van der Waals surface area contributed by atoms with Crippen LogP contribution in [0.2, 0.25) is 5.02 Å². The van der Waals surface area contributed by atoms with Crippen LogP contribution in [-0.4, -0.2) is 27.1 Å². The van der Waals surface area contributed by atoms with Gasteiger partial charge in [0.15, 0.2) is 5.69 Å². The fourth-order valence-corrected chi connectivity index (χ4v) is 3.18. The average Bonchev–Trinajstić information content (AvgIpc) is 2.65. The summed E-state index contributed by atoms with van der Waals surface area (Å²) >= 11 is 6.23. The molecule has 3 aromatic rings. The first-order valence-corrected chi connectivity index (χ1v) is 8.91. The van der Waals surface area contributed by atoms with Gasteiger partial charge in [0.1, 0.15) is 0 Å². The SMILES string of the molecule is C=CCN(Cc1ccccc1Cl)C(=O)c1nn(C)c2ccc(C)cc2c1=O. The molecule has 27 heavy (non-hydrogen) atoms. The molecule has 0 aliphatic rings. The molecular formula is C21H20ClN3O2. The minimum absolute atomic E-state index is 0.107. The molecule has 0 bridgehead atoms. The number of aryl methyl sites for hydroxylation is 2. The lowest BCUT2D eigenvalue weighted by Crippen LogP contribution is -2.36. The predicted molar refractivity (Wildman–Crippen MR) is 108 cm³/mol. The Morgan fingerprint density at radius 1 is 1.30 bits per heavy atom. The van der Waals surface area contributed by atoms with Crippen molar-refractivity contribution >= 4 is 28.4 Å². The van der Waals surface area contributed by atoms with E-state index >= 15 is 0 Å². The maximum Gasteiger partial charge on any atom is 0.278 e. The number of aromatic nitrogens is 2. The van der Waals surface area contributed by atoms with Crippen LogP contribution >= 0.6 is 11.6 Å². The second-order valence-corrected chi connectivity index (χ2v) is 6.79. The highest BCUT2D eigenvalue weighted by molar-refractivity contribution is 6.31. The fourth-order valence-electron chi connectivity index (χ4n) is 2.99. The van der Waals surface area contributed by atoms with E-state index in [-0.39, 0.29) is 24.2 Å². The zero-order valence-corrected chi connectivity index (χ0v) is 16.0. The van der Waals surface area contributed by atoms with Crippen LogP contribution in [0, 0.1) is 6.92 Å². The highest BCUT2D eigenvalue weighted by atomic mass is 35.5. The Balaban J connectivity index is 2.06. The van der Waals surface area contributed by atoms with Gasteiger partial charge >= 0.3 is 0 Å². The zero-order valence-electron chi connectivity index (χ0n) is 15.3. The van der Waals surface area contributed by atoms with E-state index in [0.29, 0.717) is 15.9 Å². The van der Waals surface area contributed by atoms with E-state index in [1.54, 1.807) is 29.9 Å². The predicted octanol–water partition coefficient (Wildman–Crippen LogP) is 3.72. The van der Waals surface area contributed by atoms with Crippen LogP contribution in [0.15, 0.2) is 59.9 Å². The summed E-state index contributed by atoms with van der Waals surface area (Å²) in [5.41, 5.74) is 1.95. The number of halogens is 1. The lowest BCUT2D eigenvalue weighted by Gasteiger charge is -2.21. The molecule has 0 saturated heterocycles. The quantitative estimate of drug-likeness (QED) is 0.633. The van der Waals surface area contributed by atoms with Crippen LogP contribution in [0.4, 0.5) is 0 Å². The van der Waals surface area contributed by atoms with E-state index in [2.05, 4.69) is 11.7 Å². The number of carbonyl (C=O) groups is 1. The molecule has 5 nitrogen and oxygen atoms in total. The number of amides is 1. The van der Waals surface area contributed by atoms with Gasteiger partial charge in [-0.2, -0.15) is 5.10 Å². The van der Waals surface area contributed by atoms with E-state index < -0.39 is 5.91 Å². The van der Waals surface area contributed by atoms with Gasteiger partial charge in [0, 0.05) is 25.2 Å². The molecule has 1 amide bonds. The van der Waals surface area contributed by atoms with Crippen molar-refractivity contribution in [3.63, 3.8) is 0 Å². The number of carbonyl (C=O) groups excluding carboxylic acids is 1. The van der Waals surface area contributed by atoms with Crippen LogP contribution < -0.4 is 5.43 Å². The molecule has 0 aliphatic carbocycles. The Labute approximate surface area is 162 Å². The summed E-state index contributed by atoms with van der Waals surface area (Å²) in [7, 11) is 1.72. The highest BCUT2D eigenvalue weighted by Gasteiger charge is 2.22. The Morgan fingerprint density at radius 2 is 2.04 bits per heavy atom. The minimum atomic E-state index is -0.446. The first-order valence-electron chi connectivity index (χ1n) is 8.53. The number of benzene rings is 2. The second kappa shape index (κ2) is 7.76. The monoisotopic (exact) mass is 381 g/mol. The van der Waals surface area contributed by atoms with Crippen molar-refractivity contribution in [3.05, 3.63) is 87.2 Å². The van der Waals surface area contributed by atoms with E-state index in [1.807, 2.05) is 37.3 Å². The standard InChI is InChI=1S/C21H20ClN3O2/c1-4-11-25(13-15-7-5-6-8-17(15)22)21(27)19-20(26)16-12-14(2)9-10-18(16)24(3)23-19/h4-10,12H,1,11,13H2,2-3H3. The molecule has 0 aliphatic heterocycles. The van der Waals surface area contributed by atoms with Crippen LogP contribution in [0.3, 0.4) is 0 Å². The molecule has 0 N–H and O–H groups in total. The number of nitrogens with zero attached hydrogens (tertiary/aromatic N) is 3. The summed E-state index contributed by atoms with van der Waals surface area (Å²) in [6.07, 6.45) is 1.62. The van der Waals surface area contributed by atoms with Crippen LogP contribution in [0.25, 0.3) is 10.9 Å². The molecule has 0 saturated carbocycles. The van der Waals surface area contributed by atoms with Crippen molar-refractivity contribution in [1.29, 1.82) is 0 Å². The molecule has 138 valence electrons. The third kappa shape index (κ3) is 3.78. The summed E-state index contributed by atoms with van der Waals surface area (Å²) in [6, 6.07) is 12.8. The topological polar surface area (TPSA) is 55.2 Å². The van der Waals surface area contributed by atoms with Gasteiger partial charge in [-0.3, -0.25) is 14.3 Å². The van der Waals surface area contributed by atoms with E-state index in [9.17, 15) is 9.59 Å². The second-order valence-electron chi connectivity index (χ2n) is 6.39. The number of fused-ring (bicyclic) bond motifs is 1. The van der Waals surface area contributed by atoms with Gasteiger partial charge in [-0.15, -0.1) is 6.58 Å². The number of hydrogen-bond acceptors (Lipinski definition) is 3. The molecule has 3 rings (SSSR count). The fraction of sp³-hybridized carbons (Fsp3) is 0.190. The minimum Gasteiger partial charge on any atom is -0.329 e. The van der Waals surface area contributed by atoms with Crippen molar-refractivity contribution < 1.29 is 4.79 Å². The maximum absolute atomic E-state index is 13.1. The van der Waals surface area contributed by atoms with Crippen LogP contribution in [-0.2, 0) is 13.6 Å². The van der Waals surface area contributed by atoms with Crippen molar-refractivity contribution in [2.24, 2.45) is 7.05 Å². The molecule has 1 aromatic heterocycles. The summed E-state index contributed by atoms with van der Waals surface area (Å²) in [6.45, 7) is 6.16.